The van der Waals surface area contributed by atoms with Gasteiger partial charge in [-0.1, -0.05) is 12.1 Å². The van der Waals surface area contributed by atoms with E-state index in [0.717, 1.165) is 24.4 Å². The molecule has 1 amide bonds. The molecule has 0 radical (unpaired) electrons. The first-order valence-electron chi connectivity index (χ1n) is 9.50. The van der Waals surface area contributed by atoms with Gasteiger partial charge in [-0.15, -0.1) is 0 Å². The van der Waals surface area contributed by atoms with Crippen molar-refractivity contribution in [3.05, 3.63) is 65.2 Å². The van der Waals surface area contributed by atoms with Gasteiger partial charge >= 0.3 is 12.1 Å². The molecule has 7 nitrogen and oxygen atoms in total. The molecule has 170 valence electrons. The van der Waals surface area contributed by atoms with Crippen LogP contribution in [-0.4, -0.2) is 32.1 Å². The number of carbonyl (C=O) groups is 2. The summed E-state index contributed by atoms with van der Waals surface area (Å²) in [5, 5.41) is 22.4. The summed E-state index contributed by atoms with van der Waals surface area (Å²) in [7, 11) is 0. The fourth-order valence-corrected chi connectivity index (χ4v) is 3.99. The number of fused-ring (bicyclic) bond motifs is 3. The molecular weight excluding hydrogens is 446 g/mol. The number of aromatic nitrogens is 2. The lowest BCUT2D eigenvalue weighted by molar-refractivity contribution is -0.138. The number of hydrogen-bond donors (Lipinski definition) is 3. The number of alkyl halides is 3. The Morgan fingerprint density at radius 2 is 1.88 bits per heavy atom. The van der Waals surface area contributed by atoms with Crippen molar-refractivity contribution < 1.29 is 37.4 Å². The van der Waals surface area contributed by atoms with Crippen molar-refractivity contribution in [1.29, 1.82) is 0 Å². The first-order chi connectivity index (χ1) is 15.6. The largest absolute Gasteiger partial charge is 0.506 e. The fraction of sp³-hybridized carbons (Fsp3) is 0.136. The Morgan fingerprint density at radius 3 is 2.55 bits per heavy atom. The van der Waals surface area contributed by atoms with E-state index >= 15 is 0 Å². The maximum absolute atomic E-state index is 14.6. The molecule has 0 aliphatic rings. The molecule has 2 aromatic heterocycles. The molecule has 0 fully saturated rings. The van der Waals surface area contributed by atoms with Crippen LogP contribution < -0.4 is 5.32 Å². The molecule has 0 saturated carbocycles. The fourth-order valence-electron chi connectivity index (χ4n) is 3.99. The van der Waals surface area contributed by atoms with Gasteiger partial charge in [0.1, 0.15) is 11.6 Å². The van der Waals surface area contributed by atoms with Crippen LogP contribution in [-0.2, 0) is 28.7 Å². The average Bonchev–Trinajstić information content (AvgIpc) is 3.05. The van der Waals surface area contributed by atoms with E-state index in [1.54, 1.807) is 0 Å². The summed E-state index contributed by atoms with van der Waals surface area (Å²) in [6, 6.07) is 5.49. The lowest BCUT2D eigenvalue weighted by atomic mass is 10.0. The van der Waals surface area contributed by atoms with Gasteiger partial charge in [-0.3, -0.25) is 14.6 Å². The minimum Gasteiger partial charge on any atom is -0.506 e. The molecule has 33 heavy (non-hydrogen) atoms. The molecular formula is C22H15F4N3O4. The summed E-state index contributed by atoms with van der Waals surface area (Å²) in [5.41, 5.74) is -1.09. The Kier molecular flexibility index (Phi) is 5.40. The quantitative estimate of drug-likeness (QED) is 0.294. The smallest absolute Gasteiger partial charge is 0.416 e. The summed E-state index contributed by atoms with van der Waals surface area (Å²) < 4.78 is 56.5. The van der Waals surface area contributed by atoms with Crippen LogP contribution in [0.15, 0.2) is 42.7 Å². The van der Waals surface area contributed by atoms with Gasteiger partial charge in [0, 0.05) is 10.9 Å². The molecule has 0 unspecified atom stereocenters. The minimum absolute atomic E-state index is 0.0692. The van der Waals surface area contributed by atoms with Crippen LogP contribution >= 0.6 is 0 Å². The number of aromatic hydroxyl groups is 1. The number of anilines is 1. The molecule has 0 saturated heterocycles. The Labute approximate surface area is 182 Å². The van der Waals surface area contributed by atoms with Crippen molar-refractivity contribution in [1.82, 2.24) is 9.55 Å². The van der Waals surface area contributed by atoms with Gasteiger partial charge in [-0.25, -0.2) is 4.39 Å². The number of halogens is 4. The van der Waals surface area contributed by atoms with Crippen molar-refractivity contribution >= 4 is 39.9 Å². The van der Waals surface area contributed by atoms with Gasteiger partial charge in [0.2, 0.25) is 6.41 Å². The second-order valence-electron chi connectivity index (χ2n) is 7.23. The molecule has 0 bridgehead atoms. The van der Waals surface area contributed by atoms with E-state index in [2.05, 4.69) is 10.3 Å². The Hall–Kier alpha value is -4.15. The number of carboxylic acid groups (broad SMARTS) is 1. The van der Waals surface area contributed by atoms with Gasteiger partial charge < -0.3 is 20.1 Å². The van der Waals surface area contributed by atoms with Gasteiger partial charge in [-0.2, -0.15) is 13.2 Å². The van der Waals surface area contributed by atoms with E-state index in [9.17, 15) is 37.4 Å². The van der Waals surface area contributed by atoms with Crippen LogP contribution in [0.1, 0.15) is 16.7 Å². The van der Waals surface area contributed by atoms with Crippen molar-refractivity contribution in [3.8, 4) is 5.75 Å². The molecule has 0 atom stereocenters. The molecule has 2 aromatic carbocycles. The summed E-state index contributed by atoms with van der Waals surface area (Å²) in [6.07, 6.45) is -2.57. The molecule has 0 spiro atoms. The second kappa shape index (κ2) is 8.08. The van der Waals surface area contributed by atoms with Crippen LogP contribution in [0.3, 0.4) is 0 Å². The van der Waals surface area contributed by atoms with Gasteiger partial charge in [0.05, 0.1) is 53.0 Å². The predicted octanol–water partition coefficient (Wildman–Crippen LogP) is 4.30. The zero-order valence-electron chi connectivity index (χ0n) is 16.7. The van der Waals surface area contributed by atoms with Crippen LogP contribution in [0.5, 0.6) is 5.75 Å². The number of rotatable bonds is 6. The zero-order chi connectivity index (χ0) is 23.9. The predicted molar refractivity (Wildman–Crippen MR) is 110 cm³/mol. The molecule has 0 aliphatic carbocycles. The molecule has 11 heteroatoms. The number of hydrogen-bond acceptors (Lipinski definition) is 4. The van der Waals surface area contributed by atoms with E-state index in [1.165, 1.54) is 22.9 Å². The first-order valence-corrected chi connectivity index (χ1v) is 9.50. The number of amides is 1. The van der Waals surface area contributed by atoms with Crippen molar-refractivity contribution in [2.24, 2.45) is 0 Å². The summed E-state index contributed by atoms with van der Waals surface area (Å²) >= 11 is 0. The third-order valence-corrected chi connectivity index (χ3v) is 5.29. The van der Waals surface area contributed by atoms with E-state index in [4.69, 9.17) is 0 Å². The number of nitrogens with zero attached hydrogens (tertiary/aromatic N) is 2. The number of pyridine rings is 1. The number of carbonyl (C=O) groups excluding carboxylic acids is 1. The van der Waals surface area contributed by atoms with Crippen LogP contribution in [0.2, 0.25) is 0 Å². The summed E-state index contributed by atoms with van der Waals surface area (Å²) in [5.74, 6) is -2.59. The second-order valence-corrected chi connectivity index (χ2v) is 7.23. The first kappa shape index (κ1) is 22.1. The number of benzene rings is 2. The molecule has 0 aliphatic heterocycles. The highest BCUT2D eigenvalue weighted by molar-refractivity contribution is 6.18. The highest BCUT2D eigenvalue weighted by Crippen LogP contribution is 2.41. The molecule has 4 rings (SSSR count). The van der Waals surface area contributed by atoms with Crippen molar-refractivity contribution in [2.75, 3.05) is 5.32 Å². The van der Waals surface area contributed by atoms with E-state index in [-0.39, 0.29) is 38.8 Å². The van der Waals surface area contributed by atoms with E-state index in [1.807, 2.05) is 0 Å². The van der Waals surface area contributed by atoms with E-state index in [0.29, 0.717) is 6.41 Å². The molecule has 4 aromatic rings. The SMILES string of the molecule is O=CNc1c(CC(=O)O)ccc2c1c1c(O)cncc1n2Cc1c(F)cccc1C(F)(F)F. The highest BCUT2D eigenvalue weighted by Gasteiger charge is 2.35. The Bertz CT molecular complexity index is 1410. The van der Waals surface area contributed by atoms with Gasteiger partial charge in [-0.05, 0) is 23.8 Å². The lowest BCUT2D eigenvalue weighted by Crippen LogP contribution is -2.13. The lowest BCUT2D eigenvalue weighted by Gasteiger charge is -2.16. The topological polar surface area (TPSA) is 104 Å². The third-order valence-electron chi connectivity index (χ3n) is 5.29. The van der Waals surface area contributed by atoms with Gasteiger partial charge in [0.25, 0.3) is 0 Å². The third kappa shape index (κ3) is 3.81. The monoisotopic (exact) mass is 461 g/mol. The Morgan fingerprint density at radius 1 is 1.12 bits per heavy atom. The number of nitrogens with one attached hydrogen (secondary N) is 1. The van der Waals surface area contributed by atoms with Crippen LogP contribution in [0, 0.1) is 5.82 Å². The molecule has 2 heterocycles. The highest BCUT2D eigenvalue weighted by atomic mass is 19.4. The summed E-state index contributed by atoms with van der Waals surface area (Å²) in [6.45, 7) is -0.564. The van der Waals surface area contributed by atoms with Crippen molar-refractivity contribution in [3.63, 3.8) is 0 Å². The zero-order valence-corrected chi connectivity index (χ0v) is 16.7. The van der Waals surface area contributed by atoms with Crippen LogP contribution in [0.4, 0.5) is 23.2 Å². The maximum Gasteiger partial charge on any atom is 0.416 e. The standard InChI is InChI=1S/C22H15F4N3O4/c23-14-3-1-2-13(22(24,25)26)12(14)9-29-15-5-4-11(6-18(32)33)21(28-10-30)20(15)19-16(29)7-27-8-17(19)31/h1-5,7-8,10,31H,6,9H2,(H,28,30)(H,32,33). The maximum atomic E-state index is 14.6. The number of aliphatic carboxylic acids is 1. The number of carboxylic acids is 1. The van der Waals surface area contributed by atoms with Gasteiger partial charge in [0.15, 0.2) is 0 Å². The summed E-state index contributed by atoms with van der Waals surface area (Å²) in [4.78, 5) is 26.4. The van der Waals surface area contributed by atoms with Crippen molar-refractivity contribution in [2.45, 2.75) is 19.1 Å². The van der Waals surface area contributed by atoms with E-state index < -0.39 is 42.1 Å². The normalized spacial score (nSPS) is 11.8. The average molecular weight is 461 g/mol. The molecule has 3 N–H and O–H groups in total. The Balaban J connectivity index is 2.07. The van der Waals surface area contributed by atoms with Crippen LogP contribution in [0.25, 0.3) is 21.8 Å². The minimum atomic E-state index is -4.81.